The van der Waals surface area contributed by atoms with E-state index >= 15 is 0 Å². The summed E-state index contributed by atoms with van der Waals surface area (Å²) < 4.78 is 16.8. The molecule has 0 aromatic rings. The molecule has 0 aromatic carbocycles. The van der Waals surface area contributed by atoms with Crippen LogP contribution in [0.3, 0.4) is 0 Å². The van der Waals surface area contributed by atoms with Crippen molar-refractivity contribution < 1.29 is 28.6 Å². The van der Waals surface area contributed by atoms with E-state index in [4.69, 9.17) is 14.2 Å². The molecule has 0 rings (SSSR count). The zero-order chi connectivity index (χ0) is 58.5. The fraction of sp³-hybridized carbons (Fsp3) is 0.800. The molecule has 0 spiro atoms. The van der Waals surface area contributed by atoms with Gasteiger partial charge in [0.25, 0.3) is 0 Å². The molecule has 0 fully saturated rings. The van der Waals surface area contributed by atoms with E-state index in [0.717, 1.165) is 96.3 Å². The number of hydrogen-bond acceptors (Lipinski definition) is 6. The Labute approximate surface area is 503 Å². The molecular weight excluding hydrogens is 997 g/mol. The lowest BCUT2D eigenvalue weighted by atomic mass is 10.0. The average Bonchev–Trinajstić information content (AvgIpc) is 3.47. The van der Waals surface area contributed by atoms with Crippen molar-refractivity contribution >= 4 is 17.9 Å². The molecule has 1 unspecified atom stereocenters. The summed E-state index contributed by atoms with van der Waals surface area (Å²) in [6, 6.07) is 0. The lowest BCUT2D eigenvalue weighted by molar-refractivity contribution is -0.167. The summed E-state index contributed by atoms with van der Waals surface area (Å²) in [5.74, 6) is -0.867. The molecule has 1 atom stereocenters. The Kier molecular flexibility index (Phi) is 66.6. The minimum absolute atomic E-state index is 0.0710. The molecule has 470 valence electrons. The van der Waals surface area contributed by atoms with E-state index < -0.39 is 6.10 Å². The van der Waals surface area contributed by atoms with E-state index in [1.54, 1.807) is 0 Å². The lowest BCUT2D eigenvalue weighted by Gasteiger charge is -2.18. The molecule has 0 aliphatic carbocycles. The summed E-state index contributed by atoms with van der Waals surface area (Å²) in [5, 5.41) is 0. The van der Waals surface area contributed by atoms with Crippen LogP contribution in [0.4, 0.5) is 0 Å². The van der Waals surface area contributed by atoms with Crippen molar-refractivity contribution in [1.82, 2.24) is 0 Å². The fourth-order valence-electron chi connectivity index (χ4n) is 10.4. The van der Waals surface area contributed by atoms with Crippen LogP contribution in [-0.4, -0.2) is 37.2 Å². The van der Waals surface area contributed by atoms with Crippen molar-refractivity contribution in [1.29, 1.82) is 0 Å². The summed E-state index contributed by atoms with van der Waals surface area (Å²) in [6.07, 6.45) is 91.4. The smallest absolute Gasteiger partial charge is 0.306 e. The Morgan fingerprint density at radius 1 is 0.259 bits per heavy atom. The van der Waals surface area contributed by atoms with Gasteiger partial charge in [-0.05, 0) is 89.9 Å². The standard InChI is InChI=1S/C75H134O6/c1-4-7-10-13-15-17-19-21-23-25-27-29-31-32-33-34-35-36-37-38-39-40-41-42-44-45-47-49-51-53-55-57-59-62-65-68-74(77)80-71-72(70-79-73(76)67-64-61-12-9-6-3)81-75(78)69-66-63-60-58-56-54-52-50-48-46-43-30-28-26-24-22-20-18-16-14-11-8-5-2/h7,10,15,17,20-23,26-29,72H,4-6,8-9,11-14,16,18-19,24-25,30-71H2,1-3H3/b10-7-,17-15-,22-20-,23-21-,28-26-,29-27-. The summed E-state index contributed by atoms with van der Waals surface area (Å²) in [7, 11) is 0. The second kappa shape index (κ2) is 69.3. The van der Waals surface area contributed by atoms with Gasteiger partial charge in [0, 0.05) is 19.3 Å². The van der Waals surface area contributed by atoms with Crippen LogP contribution in [0.2, 0.25) is 0 Å². The maximum Gasteiger partial charge on any atom is 0.306 e. The molecule has 0 bridgehead atoms. The van der Waals surface area contributed by atoms with Gasteiger partial charge in [-0.25, -0.2) is 0 Å². The number of ether oxygens (including phenoxy) is 3. The second-order valence-electron chi connectivity index (χ2n) is 23.8. The van der Waals surface area contributed by atoms with Gasteiger partial charge >= 0.3 is 17.9 Å². The Bertz CT molecular complexity index is 1490. The molecule has 0 N–H and O–H groups in total. The van der Waals surface area contributed by atoms with Crippen molar-refractivity contribution in [2.75, 3.05) is 13.2 Å². The van der Waals surface area contributed by atoms with Crippen LogP contribution in [0.25, 0.3) is 0 Å². The average molecular weight is 1130 g/mol. The monoisotopic (exact) mass is 1130 g/mol. The van der Waals surface area contributed by atoms with Crippen LogP contribution in [0.5, 0.6) is 0 Å². The zero-order valence-corrected chi connectivity index (χ0v) is 54.1. The molecule has 6 heteroatoms. The van der Waals surface area contributed by atoms with E-state index in [-0.39, 0.29) is 31.1 Å². The molecule has 81 heavy (non-hydrogen) atoms. The molecule has 0 heterocycles. The van der Waals surface area contributed by atoms with Gasteiger partial charge in [0.05, 0.1) is 0 Å². The molecule has 0 amide bonds. The molecule has 0 aromatic heterocycles. The molecular formula is C75H134O6. The van der Waals surface area contributed by atoms with Gasteiger partial charge in [-0.3, -0.25) is 14.4 Å². The van der Waals surface area contributed by atoms with Crippen LogP contribution >= 0.6 is 0 Å². The maximum absolute atomic E-state index is 12.8. The Balaban J connectivity index is 3.90. The van der Waals surface area contributed by atoms with E-state index in [0.29, 0.717) is 19.3 Å². The van der Waals surface area contributed by atoms with Gasteiger partial charge in [0.1, 0.15) is 13.2 Å². The van der Waals surface area contributed by atoms with Gasteiger partial charge in [0.15, 0.2) is 6.10 Å². The van der Waals surface area contributed by atoms with Gasteiger partial charge in [-0.1, -0.05) is 331 Å². The number of carbonyl (C=O) groups is 3. The van der Waals surface area contributed by atoms with E-state index in [2.05, 4.69) is 93.7 Å². The van der Waals surface area contributed by atoms with Crippen molar-refractivity contribution in [3.63, 3.8) is 0 Å². The second-order valence-corrected chi connectivity index (χ2v) is 23.8. The summed E-state index contributed by atoms with van der Waals surface area (Å²) in [6.45, 7) is 6.48. The maximum atomic E-state index is 12.8. The van der Waals surface area contributed by atoms with Gasteiger partial charge in [-0.15, -0.1) is 0 Å². The highest BCUT2D eigenvalue weighted by atomic mass is 16.6. The lowest BCUT2D eigenvalue weighted by Crippen LogP contribution is -2.30. The van der Waals surface area contributed by atoms with Crippen LogP contribution in [0.1, 0.15) is 367 Å². The summed E-state index contributed by atoms with van der Waals surface area (Å²) >= 11 is 0. The van der Waals surface area contributed by atoms with E-state index in [9.17, 15) is 14.4 Å². The van der Waals surface area contributed by atoms with Crippen LogP contribution < -0.4 is 0 Å². The number of rotatable bonds is 65. The van der Waals surface area contributed by atoms with E-state index in [1.807, 2.05) is 0 Å². The highest BCUT2D eigenvalue weighted by Gasteiger charge is 2.19. The molecule has 0 radical (unpaired) electrons. The predicted molar refractivity (Wildman–Crippen MR) is 353 cm³/mol. The Morgan fingerprint density at radius 3 is 0.753 bits per heavy atom. The van der Waals surface area contributed by atoms with Crippen molar-refractivity contribution in [2.45, 2.75) is 374 Å². The van der Waals surface area contributed by atoms with Crippen molar-refractivity contribution in [3.8, 4) is 0 Å². The number of unbranched alkanes of at least 4 members (excludes halogenated alkanes) is 42. The van der Waals surface area contributed by atoms with E-state index in [1.165, 1.54) is 231 Å². The van der Waals surface area contributed by atoms with Crippen LogP contribution in [-0.2, 0) is 28.6 Å². The minimum atomic E-state index is -0.770. The van der Waals surface area contributed by atoms with Crippen LogP contribution in [0.15, 0.2) is 72.9 Å². The predicted octanol–water partition coefficient (Wildman–Crippen LogP) is 24.4. The first kappa shape index (κ1) is 77.9. The number of carbonyl (C=O) groups excluding carboxylic acids is 3. The minimum Gasteiger partial charge on any atom is -0.462 e. The van der Waals surface area contributed by atoms with Crippen molar-refractivity contribution in [3.05, 3.63) is 72.9 Å². The topological polar surface area (TPSA) is 78.9 Å². The van der Waals surface area contributed by atoms with Crippen LogP contribution in [0, 0.1) is 0 Å². The largest absolute Gasteiger partial charge is 0.462 e. The summed E-state index contributed by atoms with van der Waals surface area (Å²) in [5.41, 5.74) is 0. The highest BCUT2D eigenvalue weighted by Crippen LogP contribution is 2.18. The molecule has 6 nitrogen and oxygen atoms in total. The van der Waals surface area contributed by atoms with Gasteiger partial charge in [0.2, 0.25) is 0 Å². The number of esters is 3. The van der Waals surface area contributed by atoms with Crippen molar-refractivity contribution in [2.24, 2.45) is 0 Å². The molecule has 0 saturated heterocycles. The molecule has 0 aliphatic heterocycles. The third-order valence-corrected chi connectivity index (χ3v) is 15.7. The molecule has 0 saturated carbocycles. The normalized spacial score (nSPS) is 12.5. The first-order valence-corrected chi connectivity index (χ1v) is 35.4. The highest BCUT2D eigenvalue weighted by molar-refractivity contribution is 5.71. The first-order valence-electron chi connectivity index (χ1n) is 35.4. The third-order valence-electron chi connectivity index (χ3n) is 15.7. The fourth-order valence-corrected chi connectivity index (χ4v) is 10.4. The van der Waals surface area contributed by atoms with Gasteiger partial charge < -0.3 is 14.2 Å². The number of hydrogen-bond donors (Lipinski definition) is 0. The number of allylic oxidation sites excluding steroid dienone is 12. The molecule has 0 aliphatic rings. The summed E-state index contributed by atoms with van der Waals surface area (Å²) in [4.78, 5) is 38.0. The van der Waals surface area contributed by atoms with Gasteiger partial charge in [-0.2, -0.15) is 0 Å². The first-order chi connectivity index (χ1) is 40.0. The zero-order valence-electron chi connectivity index (χ0n) is 54.1. The third kappa shape index (κ3) is 67.5. The Morgan fingerprint density at radius 2 is 0.481 bits per heavy atom. The quantitative estimate of drug-likeness (QED) is 0.0261. The Hall–Kier alpha value is -3.15. The SMILES string of the molecule is CC/C=C\C/C=C\C/C=C\C/C=C\CCCCCCCCCCCCCCCCCCCCCCCCC(=O)OCC(COC(=O)CCCCCCC)OC(=O)CCCCCCCCCCCCC/C=C\C/C=C\CCCCCCC.